The Kier molecular flexibility index (Phi) is 3.62. The highest BCUT2D eigenvalue weighted by Crippen LogP contribution is 2.30. The molecule has 1 N–H and O–H groups in total. The Balaban J connectivity index is 1.79. The van der Waals surface area contributed by atoms with Crippen LogP contribution >= 0.6 is 0 Å². The molecule has 0 aromatic heterocycles. The zero-order valence-electron chi connectivity index (χ0n) is 13.2. The van der Waals surface area contributed by atoms with E-state index in [4.69, 9.17) is 0 Å². The smallest absolute Gasteiger partial charge is 0.0605 e. The minimum Gasteiger partial charge on any atom is -0.382 e. The summed E-state index contributed by atoms with van der Waals surface area (Å²) in [6.45, 7) is 9.82. The predicted molar refractivity (Wildman–Crippen MR) is 91.1 cm³/mol. The highest BCUT2D eigenvalue weighted by Gasteiger charge is 2.17. The lowest BCUT2D eigenvalue weighted by atomic mass is 9.87. The van der Waals surface area contributed by atoms with Crippen LogP contribution in [-0.4, -0.2) is 13.1 Å². The molecule has 2 nitrogen and oxygen atoms in total. The van der Waals surface area contributed by atoms with Gasteiger partial charge in [-0.1, -0.05) is 57.2 Å². The predicted octanol–water partition coefficient (Wildman–Crippen LogP) is 4.42. The lowest BCUT2D eigenvalue weighted by Gasteiger charge is -2.32. The number of anilines is 2. The van der Waals surface area contributed by atoms with Gasteiger partial charge in [-0.05, 0) is 28.7 Å². The third kappa shape index (κ3) is 3.05. The van der Waals surface area contributed by atoms with Crippen LogP contribution in [0.5, 0.6) is 0 Å². The Labute approximate surface area is 127 Å². The summed E-state index contributed by atoms with van der Waals surface area (Å²) in [7, 11) is 0. The fourth-order valence-electron chi connectivity index (χ4n) is 2.84. The lowest BCUT2D eigenvalue weighted by Crippen LogP contribution is -2.33. The van der Waals surface area contributed by atoms with Crippen LogP contribution in [0.25, 0.3) is 0 Å². The molecule has 0 amide bonds. The first-order valence-corrected chi connectivity index (χ1v) is 7.71. The van der Waals surface area contributed by atoms with E-state index in [9.17, 15) is 0 Å². The second-order valence-corrected chi connectivity index (χ2v) is 6.81. The molecule has 0 fully saturated rings. The number of benzene rings is 2. The van der Waals surface area contributed by atoms with Gasteiger partial charge in [0.15, 0.2) is 0 Å². The van der Waals surface area contributed by atoms with E-state index in [0.717, 1.165) is 19.6 Å². The van der Waals surface area contributed by atoms with Crippen molar-refractivity contribution in [2.24, 2.45) is 0 Å². The van der Waals surface area contributed by atoms with Crippen molar-refractivity contribution in [2.75, 3.05) is 23.3 Å². The number of hydrogen-bond donors (Lipinski definition) is 1. The summed E-state index contributed by atoms with van der Waals surface area (Å²) in [5, 5.41) is 3.47. The molecule has 0 unspecified atom stereocenters. The van der Waals surface area contributed by atoms with Gasteiger partial charge in [-0.3, -0.25) is 0 Å². The number of hydrogen-bond acceptors (Lipinski definition) is 2. The van der Waals surface area contributed by atoms with Gasteiger partial charge in [0, 0.05) is 19.6 Å². The highest BCUT2D eigenvalue weighted by atomic mass is 15.2. The molecule has 2 aromatic carbocycles. The Morgan fingerprint density at radius 3 is 2.43 bits per heavy atom. The van der Waals surface area contributed by atoms with Gasteiger partial charge in [-0.25, -0.2) is 0 Å². The topological polar surface area (TPSA) is 15.3 Å². The van der Waals surface area contributed by atoms with Crippen molar-refractivity contribution in [3.05, 3.63) is 59.7 Å². The zero-order chi connectivity index (χ0) is 14.9. The first-order valence-electron chi connectivity index (χ1n) is 7.71. The second-order valence-electron chi connectivity index (χ2n) is 6.81. The Morgan fingerprint density at radius 2 is 1.71 bits per heavy atom. The molecule has 2 aromatic rings. The summed E-state index contributed by atoms with van der Waals surface area (Å²) in [5.74, 6) is 0. The van der Waals surface area contributed by atoms with Gasteiger partial charge in [0.1, 0.15) is 0 Å². The van der Waals surface area contributed by atoms with Crippen molar-refractivity contribution >= 4 is 11.4 Å². The van der Waals surface area contributed by atoms with Crippen LogP contribution < -0.4 is 10.2 Å². The Morgan fingerprint density at radius 1 is 1.00 bits per heavy atom. The van der Waals surface area contributed by atoms with Gasteiger partial charge in [-0.15, -0.1) is 0 Å². The van der Waals surface area contributed by atoms with Crippen LogP contribution in [0.15, 0.2) is 48.5 Å². The third-order valence-corrected chi connectivity index (χ3v) is 4.14. The van der Waals surface area contributed by atoms with Gasteiger partial charge in [0.25, 0.3) is 0 Å². The maximum Gasteiger partial charge on any atom is 0.0605 e. The molecule has 110 valence electrons. The SMILES string of the molecule is CC(C)(C)c1ccc(CN2CCNc3ccccc32)cc1. The van der Waals surface area contributed by atoms with Crippen molar-refractivity contribution in [3.8, 4) is 0 Å². The van der Waals surface area contributed by atoms with Crippen LogP contribution in [0.1, 0.15) is 31.9 Å². The van der Waals surface area contributed by atoms with Crippen molar-refractivity contribution in [1.82, 2.24) is 0 Å². The third-order valence-electron chi connectivity index (χ3n) is 4.14. The molecule has 0 saturated heterocycles. The lowest BCUT2D eigenvalue weighted by molar-refractivity contribution is 0.590. The van der Waals surface area contributed by atoms with E-state index < -0.39 is 0 Å². The second kappa shape index (κ2) is 5.44. The molecule has 0 atom stereocenters. The first kappa shape index (κ1) is 14.0. The number of rotatable bonds is 2. The largest absolute Gasteiger partial charge is 0.382 e. The van der Waals surface area contributed by atoms with Crippen LogP contribution in [0.2, 0.25) is 0 Å². The number of nitrogens with zero attached hydrogens (tertiary/aromatic N) is 1. The molecule has 0 aliphatic carbocycles. The molecule has 0 spiro atoms. The standard InChI is InChI=1S/C19H24N2/c1-19(2,3)16-10-8-15(9-11-16)14-21-13-12-20-17-6-4-5-7-18(17)21/h4-11,20H,12-14H2,1-3H3. The minimum absolute atomic E-state index is 0.222. The van der Waals surface area contributed by atoms with Crippen LogP contribution in [-0.2, 0) is 12.0 Å². The van der Waals surface area contributed by atoms with Gasteiger partial charge in [0.05, 0.1) is 11.4 Å². The summed E-state index contributed by atoms with van der Waals surface area (Å²) in [5.41, 5.74) is 5.55. The van der Waals surface area contributed by atoms with Crippen molar-refractivity contribution in [2.45, 2.75) is 32.7 Å². The summed E-state index contributed by atoms with van der Waals surface area (Å²) in [6.07, 6.45) is 0. The molecule has 0 bridgehead atoms. The molecule has 1 aliphatic rings. The van der Waals surface area contributed by atoms with Gasteiger partial charge < -0.3 is 10.2 Å². The van der Waals surface area contributed by atoms with Crippen molar-refractivity contribution in [3.63, 3.8) is 0 Å². The molecule has 1 heterocycles. The fourth-order valence-corrected chi connectivity index (χ4v) is 2.84. The van der Waals surface area contributed by atoms with E-state index in [1.165, 1.54) is 22.5 Å². The van der Waals surface area contributed by atoms with Crippen LogP contribution in [0.4, 0.5) is 11.4 Å². The Hall–Kier alpha value is -1.96. The molecule has 2 heteroatoms. The molecular weight excluding hydrogens is 256 g/mol. The quantitative estimate of drug-likeness (QED) is 0.876. The molecule has 3 rings (SSSR count). The van der Waals surface area contributed by atoms with E-state index >= 15 is 0 Å². The fraction of sp³-hybridized carbons (Fsp3) is 0.368. The average molecular weight is 280 g/mol. The minimum atomic E-state index is 0.222. The number of para-hydroxylation sites is 2. The van der Waals surface area contributed by atoms with E-state index in [2.05, 4.69) is 79.5 Å². The van der Waals surface area contributed by atoms with Crippen LogP contribution in [0.3, 0.4) is 0 Å². The summed E-state index contributed by atoms with van der Waals surface area (Å²) in [4.78, 5) is 2.46. The molecule has 0 radical (unpaired) electrons. The van der Waals surface area contributed by atoms with Gasteiger partial charge in [-0.2, -0.15) is 0 Å². The summed E-state index contributed by atoms with van der Waals surface area (Å²) < 4.78 is 0. The summed E-state index contributed by atoms with van der Waals surface area (Å²) >= 11 is 0. The van der Waals surface area contributed by atoms with Gasteiger partial charge in [0.2, 0.25) is 0 Å². The van der Waals surface area contributed by atoms with Crippen molar-refractivity contribution < 1.29 is 0 Å². The highest BCUT2D eigenvalue weighted by molar-refractivity contribution is 5.71. The zero-order valence-corrected chi connectivity index (χ0v) is 13.2. The Bertz CT molecular complexity index is 608. The number of fused-ring (bicyclic) bond motifs is 1. The maximum absolute atomic E-state index is 3.47. The molecule has 21 heavy (non-hydrogen) atoms. The monoisotopic (exact) mass is 280 g/mol. The van der Waals surface area contributed by atoms with E-state index in [1.54, 1.807) is 0 Å². The normalized spacial score (nSPS) is 14.5. The number of nitrogens with one attached hydrogen (secondary N) is 1. The summed E-state index contributed by atoms with van der Waals surface area (Å²) in [6, 6.07) is 17.6. The van der Waals surface area contributed by atoms with Crippen molar-refractivity contribution in [1.29, 1.82) is 0 Å². The van der Waals surface area contributed by atoms with E-state index in [-0.39, 0.29) is 5.41 Å². The van der Waals surface area contributed by atoms with E-state index in [0.29, 0.717) is 0 Å². The molecule has 0 saturated carbocycles. The maximum atomic E-state index is 3.47. The molecule has 1 aliphatic heterocycles. The molecular formula is C19H24N2. The first-order chi connectivity index (χ1) is 10.0. The average Bonchev–Trinajstić information content (AvgIpc) is 2.47. The van der Waals surface area contributed by atoms with Gasteiger partial charge >= 0.3 is 0 Å². The van der Waals surface area contributed by atoms with Crippen LogP contribution in [0, 0.1) is 0 Å². The van der Waals surface area contributed by atoms with E-state index in [1.807, 2.05) is 0 Å².